The molecule has 1 aromatic carbocycles. The molecular formula is C14H15N3O3. The monoisotopic (exact) mass is 273 g/mol. The van der Waals surface area contributed by atoms with Crippen molar-refractivity contribution in [3.8, 4) is 5.69 Å². The lowest BCUT2D eigenvalue weighted by Gasteiger charge is -2.06. The Hall–Kier alpha value is -2.63. The number of hydrogen-bond acceptors (Lipinski definition) is 5. The lowest BCUT2D eigenvalue weighted by molar-refractivity contribution is -0.132. The van der Waals surface area contributed by atoms with Gasteiger partial charge in [-0.15, -0.1) is 0 Å². The van der Waals surface area contributed by atoms with Gasteiger partial charge in [-0.3, -0.25) is 0 Å². The molecule has 6 nitrogen and oxygen atoms in total. The molecule has 104 valence electrons. The zero-order chi connectivity index (χ0) is 14.5. The Morgan fingerprint density at radius 2 is 1.95 bits per heavy atom. The number of nitrogens with zero attached hydrogens (tertiary/aromatic N) is 3. The topological polar surface area (TPSA) is 65.7 Å². The van der Waals surface area contributed by atoms with Crippen LogP contribution in [-0.2, 0) is 14.4 Å². The van der Waals surface area contributed by atoms with Gasteiger partial charge in [-0.25, -0.2) is 9.48 Å². The van der Waals surface area contributed by atoms with Crippen molar-refractivity contribution in [2.75, 3.05) is 14.2 Å². The van der Waals surface area contributed by atoms with Gasteiger partial charge in [0.1, 0.15) is 7.11 Å². The average molecular weight is 273 g/mol. The first kappa shape index (κ1) is 13.8. The van der Waals surface area contributed by atoms with E-state index in [1.807, 2.05) is 37.3 Å². The molecule has 0 aliphatic rings. The van der Waals surface area contributed by atoms with Crippen LogP contribution in [0.5, 0.6) is 0 Å². The van der Waals surface area contributed by atoms with Crippen LogP contribution in [0, 0.1) is 6.92 Å². The minimum Gasteiger partial charge on any atom is -0.464 e. The number of oxime groups is 1. The zero-order valence-electron chi connectivity index (χ0n) is 11.5. The van der Waals surface area contributed by atoms with Crippen LogP contribution in [0.1, 0.15) is 11.3 Å². The Bertz CT molecular complexity index is 632. The number of aromatic nitrogens is 2. The van der Waals surface area contributed by atoms with Crippen LogP contribution < -0.4 is 0 Å². The van der Waals surface area contributed by atoms with Crippen LogP contribution in [0.25, 0.3) is 5.69 Å². The number of carbonyl (C=O) groups is 1. The second-order valence-corrected chi connectivity index (χ2v) is 4.01. The third-order valence-corrected chi connectivity index (χ3v) is 2.83. The van der Waals surface area contributed by atoms with E-state index in [2.05, 4.69) is 10.3 Å². The Balaban J connectivity index is 2.47. The van der Waals surface area contributed by atoms with E-state index >= 15 is 0 Å². The quantitative estimate of drug-likeness (QED) is 0.483. The summed E-state index contributed by atoms with van der Waals surface area (Å²) in [5, 5.41) is 8.00. The molecule has 0 saturated carbocycles. The van der Waals surface area contributed by atoms with E-state index < -0.39 is 5.97 Å². The Kier molecular flexibility index (Phi) is 4.14. The summed E-state index contributed by atoms with van der Waals surface area (Å²) in [5.41, 5.74) is 2.34. The van der Waals surface area contributed by atoms with E-state index in [-0.39, 0.29) is 5.71 Å². The molecule has 0 bridgehead atoms. The zero-order valence-corrected chi connectivity index (χ0v) is 11.5. The molecule has 0 N–H and O–H groups in total. The summed E-state index contributed by atoms with van der Waals surface area (Å²) in [5.74, 6) is -0.567. The molecule has 0 aliphatic heterocycles. The molecule has 2 aromatic rings. The minimum atomic E-state index is -0.567. The Labute approximate surface area is 116 Å². The number of benzene rings is 1. The lowest BCUT2D eigenvalue weighted by Crippen LogP contribution is -2.18. The van der Waals surface area contributed by atoms with Crippen LogP contribution in [0.2, 0.25) is 0 Å². The predicted octanol–water partition coefficient (Wildman–Crippen LogP) is 1.70. The first-order chi connectivity index (χ1) is 9.69. The fourth-order valence-corrected chi connectivity index (χ4v) is 1.86. The van der Waals surface area contributed by atoms with E-state index in [1.165, 1.54) is 14.2 Å². The van der Waals surface area contributed by atoms with Crippen molar-refractivity contribution in [2.45, 2.75) is 6.92 Å². The van der Waals surface area contributed by atoms with Gasteiger partial charge in [0, 0.05) is 0 Å². The molecule has 0 spiro atoms. The molecule has 20 heavy (non-hydrogen) atoms. The SMILES string of the molecule is CON=C(C(=O)OC)c1cnn(-c2ccccc2)c1C. The van der Waals surface area contributed by atoms with Crippen molar-refractivity contribution in [2.24, 2.45) is 5.16 Å². The normalized spacial score (nSPS) is 11.2. The fourth-order valence-electron chi connectivity index (χ4n) is 1.86. The third kappa shape index (κ3) is 2.54. The van der Waals surface area contributed by atoms with Gasteiger partial charge in [0.15, 0.2) is 5.71 Å². The number of carbonyl (C=O) groups excluding carboxylic acids is 1. The summed E-state index contributed by atoms with van der Waals surface area (Å²) < 4.78 is 6.43. The second-order valence-electron chi connectivity index (χ2n) is 4.01. The van der Waals surface area contributed by atoms with Gasteiger partial charge in [-0.2, -0.15) is 5.10 Å². The molecule has 1 heterocycles. The maximum Gasteiger partial charge on any atom is 0.360 e. The van der Waals surface area contributed by atoms with Crippen LogP contribution in [0.4, 0.5) is 0 Å². The van der Waals surface area contributed by atoms with Gasteiger partial charge in [0.25, 0.3) is 0 Å². The van der Waals surface area contributed by atoms with Gasteiger partial charge >= 0.3 is 5.97 Å². The lowest BCUT2D eigenvalue weighted by atomic mass is 10.1. The maximum atomic E-state index is 11.7. The van der Waals surface area contributed by atoms with E-state index in [9.17, 15) is 4.79 Å². The number of hydrogen-bond donors (Lipinski definition) is 0. The number of esters is 1. The van der Waals surface area contributed by atoms with Gasteiger partial charge in [-0.1, -0.05) is 23.4 Å². The first-order valence-electron chi connectivity index (χ1n) is 5.99. The molecule has 1 aromatic heterocycles. The standard InChI is InChI=1S/C14H15N3O3/c1-10-12(13(16-20-3)14(18)19-2)9-15-17(10)11-7-5-4-6-8-11/h4-9H,1-3H3. The van der Waals surface area contributed by atoms with Crippen LogP contribution in [-0.4, -0.2) is 35.7 Å². The highest BCUT2D eigenvalue weighted by Gasteiger charge is 2.21. The first-order valence-corrected chi connectivity index (χ1v) is 5.99. The molecule has 0 atom stereocenters. The molecule has 2 rings (SSSR count). The van der Waals surface area contributed by atoms with Crippen molar-refractivity contribution in [3.63, 3.8) is 0 Å². The largest absolute Gasteiger partial charge is 0.464 e. The minimum absolute atomic E-state index is 0.0923. The highest BCUT2D eigenvalue weighted by molar-refractivity contribution is 6.43. The van der Waals surface area contributed by atoms with E-state index in [0.717, 1.165) is 11.4 Å². The molecule has 0 amide bonds. The molecule has 0 saturated heterocycles. The van der Waals surface area contributed by atoms with Crippen molar-refractivity contribution in [1.82, 2.24) is 9.78 Å². The van der Waals surface area contributed by atoms with Crippen molar-refractivity contribution >= 4 is 11.7 Å². The van der Waals surface area contributed by atoms with Crippen molar-refractivity contribution < 1.29 is 14.4 Å². The van der Waals surface area contributed by atoms with Gasteiger partial charge < -0.3 is 9.57 Å². The number of rotatable bonds is 4. The van der Waals surface area contributed by atoms with Crippen molar-refractivity contribution in [3.05, 3.63) is 47.8 Å². The summed E-state index contributed by atoms with van der Waals surface area (Å²) >= 11 is 0. The number of para-hydroxylation sites is 1. The van der Waals surface area contributed by atoms with Crippen LogP contribution in [0.3, 0.4) is 0 Å². The molecule has 6 heteroatoms. The van der Waals surface area contributed by atoms with Gasteiger partial charge in [0.05, 0.1) is 30.3 Å². The smallest absolute Gasteiger partial charge is 0.360 e. The highest BCUT2D eigenvalue weighted by Crippen LogP contribution is 2.15. The highest BCUT2D eigenvalue weighted by atomic mass is 16.6. The number of ether oxygens (including phenoxy) is 1. The second kappa shape index (κ2) is 6.01. The fraction of sp³-hybridized carbons (Fsp3) is 0.214. The van der Waals surface area contributed by atoms with E-state index in [1.54, 1.807) is 10.9 Å². The summed E-state index contributed by atoms with van der Waals surface area (Å²) in [6.45, 7) is 1.85. The molecule has 0 radical (unpaired) electrons. The molecule has 0 unspecified atom stereocenters. The van der Waals surface area contributed by atoms with Gasteiger partial charge in [0.2, 0.25) is 0 Å². The van der Waals surface area contributed by atoms with E-state index in [0.29, 0.717) is 5.56 Å². The Morgan fingerprint density at radius 3 is 2.55 bits per heavy atom. The summed E-state index contributed by atoms with van der Waals surface area (Å²) in [6, 6.07) is 9.61. The molecule has 0 fully saturated rings. The van der Waals surface area contributed by atoms with Crippen molar-refractivity contribution in [1.29, 1.82) is 0 Å². The third-order valence-electron chi connectivity index (χ3n) is 2.83. The molecular weight excluding hydrogens is 258 g/mol. The van der Waals surface area contributed by atoms with E-state index in [4.69, 9.17) is 9.57 Å². The molecule has 0 aliphatic carbocycles. The predicted molar refractivity (Wildman–Crippen MR) is 73.9 cm³/mol. The Morgan fingerprint density at radius 1 is 1.25 bits per heavy atom. The maximum absolute atomic E-state index is 11.7. The average Bonchev–Trinajstić information content (AvgIpc) is 2.86. The number of methoxy groups -OCH3 is 1. The summed E-state index contributed by atoms with van der Waals surface area (Å²) in [7, 11) is 2.67. The summed E-state index contributed by atoms with van der Waals surface area (Å²) in [4.78, 5) is 16.4. The summed E-state index contributed by atoms with van der Waals surface area (Å²) in [6.07, 6.45) is 1.57. The van der Waals surface area contributed by atoms with Crippen LogP contribution >= 0.6 is 0 Å². The van der Waals surface area contributed by atoms with Gasteiger partial charge in [-0.05, 0) is 19.1 Å². The van der Waals surface area contributed by atoms with Crippen LogP contribution in [0.15, 0.2) is 41.7 Å².